The Hall–Kier alpha value is -10.4. The Balaban J connectivity index is 1.02. The Morgan fingerprint density at radius 3 is 0.962 bits per heavy atom. The van der Waals surface area contributed by atoms with Gasteiger partial charge in [0.25, 0.3) is 0 Å². The van der Waals surface area contributed by atoms with Crippen LogP contribution in [0.1, 0.15) is 5.56 Å². The summed E-state index contributed by atoms with van der Waals surface area (Å²) in [5.74, 6) is 1.63. The van der Waals surface area contributed by atoms with Gasteiger partial charge in [-0.1, -0.05) is 194 Å². The summed E-state index contributed by atoms with van der Waals surface area (Å²) in [5.41, 5.74) is 14.8. The van der Waals surface area contributed by atoms with E-state index < -0.39 is 0 Å². The van der Waals surface area contributed by atoms with Gasteiger partial charge >= 0.3 is 0 Å². The summed E-state index contributed by atoms with van der Waals surface area (Å²) < 4.78 is 27.0. The predicted octanol–water partition coefficient (Wildman–Crippen LogP) is 21.9. The SMILES string of the molecule is Cc1ccccc1Oc1ccccc1-c1ccc2c3ccc(-c4cccc5c4oc4ccccc45)cc3c3c4cc(-c5cccc6c5oc5ccccc56)ccc4c4ccc(-c5cccc6c5oc5ccccc56)cc4c3c2c1. The van der Waals surface area contributed by atoms with Crippen LogP contribution < -0.4 is 4.74 Å². The molecule has 0 atom stereocenters. The van der Waals surface area contributed by atoms with Gasteiger partial charge in [0.1, 0.15) is 45.0 Å². The normalized spacial score (nSPS) is 12.1. The number of aryl methyl sites for hydroxylation is 1. The van der Waals surface area contributed by atoms with Crippen molar-refractivity contribution in [2.75, 3.05) is 0 Å². The van der Waals surface area contributed by atoms with Crippen molar-refractivity contribution in [1.29, 1.82) is 0 Å². The van der Waals surface area contributed by atoms with Crippen LogP contribution in [0, 0.1) is 6.92 Å². The second-order valence-corrected chi connectivity index (χ2v) is 21.0. The van der Waals surface area contributed by atoms with Crippen molar-refractivity contribution in [1.82, 2.24) is 0 Å². The molecule has 3 heterocycles. The number of ether oxygens (including phenoxy) is 1. The second kappa shape index (κ2) is 16.8. The molecule has 0 aliphatic heterocycles. The second-order valence-electron chi connectivity index (χ2n) is 21.0. The van der Waals surface area contributed by atoms with Gasteiger partial charge in [0.15, 0.2) is 0 Å². The van der Waals surface area contributed by atoms with Crippen LogP contribution >= 0.6 is 0 Å². The molecule has 17 aromatic rings. The lowest BCUT2D eigenvalue weighted by Crippen LogP contribution is -1.93. The summed E-state index contributed by atoms with van der Waals surface area (Å²) in [6.07, 6.45) is 0. The van der Waals surface area contributed by atoms with Crippen molar-refractivity contribution in [3.05, 3.63) is 254 Å². The van der Waals surface area contributed by atoms with E-state index in [1.807, 2.05) is 36.4 Å². The molecule has 0 radical (unpaired) electrons. The number of hydrogen-bond acceptors (Lipinski definition) is 4. The van der Waals surface area contributed by atoms with E-state index in [1.54, 1.807) is 0 Å². The van der Waals surface area contributed by atoms with E-state index in [2.05, 4.69) is 219 Å². The molecule has 0 saturated heterocycles. The van der Waals surface area contributed by atoms with Crippen LogP contribution in [0.15, 0.2) is 262 Å². The van der Waals surface area contributed by atoms with Gasteiger partial charge in [-0.2, -0.15) is 0 Å². The molecule has 0 unspecified atom stereocenters. The van der Waals surface area contributed by atoms with Crippen LogP contribution in [-0.2, 0) is 0 Å². The van der Waals surface area contributed by atoms with Crippen molar-refractivity contribution in [3.63, 3.8) is 0 Å². The first kappa shape index (κ1) is 43.8. The van der Waals surface area contributed by atoms with Crippen LogP contribution in [0.2, 0.25) is 0 Å². The van der Waals surface area contributed by atoms with Gasteiger partial charge in [-0.05, 0) is 143 Å². The highest BCUT2D eigenvalue weighted by molar-refractivity contribution is 6.40. The molecule has 0 N–H and O–H groups in total. The van der Waals surface area contributed by atoms with Gasteiger partial charge in [-0.15, -0.1) is 0 Å². The lowest BCUT2D eigenvalue weighted by molar-refractivity contribution is 0.480. The topological polar surface area (TPSA) is 48.7 Å². The quantitative estimate of drug-likeness (QED) is 0.156. The Bertz CT molecular complexity index is 5300. The minimum atomic E-state index is 0.798. The highest BCUT2D eigenvalue weighted by Gasteiger charge is 2.23. The van der Waals surface area contributed by atoms with Crippen LogP contribution in [0.5, 0.6) is 11.5 Å². The molecule has 0 bridgehead atoms. The molecule has 79 heavy (non-hydrogen) atoms. The van der Waals surface area contributed by atoms with E-state index in [-0.39, 0.29) is 0 Å². The third-order valence-corrected chi connectivity index (χ3v) is 16.6. The predicted molar refractivity (Wildman–Crippen MR) is 329 cm³/mol. The fourth-order valence-corrected chi connectivity index (χ4v) is 12.9. The van der Waals surface area contributed by atoms with Gasteiger partial charge in [-0.25, -0.2) is 0 Å². The summed E-state index contributed by atoms with van der Waals surface area (Å²) in [4.78, 5) is 0. The maximum absolute atomic E-state index is 6.80. The summed E-state index contributed by atoms with van der Waals surface area (Å²) >= 11 is 0. The molecule has 14 aromatic carbocycles. The van der Waals surface area contributed by atoms with Gasteiger partial charge in [0.2, 0.25) is 0 Å². The van der Waals surface area contributed by atoms with Crippen molar-refractivity contribution in [3.8, 4) is 56.0 Å². The zero-order valence-electron chi connectivity index (χ0n) is 42.8. The smallest absolute Gasteiger partial charge is 0.143 e. The Kier molecular flexibility index (Phi) is 9.30. The highest BCUT2D eigenvalue weighted by atomic mass is 16.5. The highest BCUT2D eigenvalue weighted by Crippen LogP contribution is 2.50. The third kappa shape index (κ3) is 6.55. The number of hydrogen-bond donors (Lipinski definition) is 0. The van der Waals surface area contributed by atoms with Crippen LogP contribution in [0.25, 0.3) is 164 Å². The third-order valence-electron chi connectivity index (χ3n) is 16.6. The molecular weight excluding hydrogens is 965 g/mol. The van der Waals surface area contributed by atoms with E-state index in [1.165, 1.54) is 10.8 Å². The minimum Gasteiger partial charge on any atom is -0.456 e. The van der Waals surface area contributed by atoms with Crippen LogP contribution in [-0.4, -0.2) is 0 Å². The lowest BCUT2D eigenvalue weighted by Gasteiger charge is -2.20. The standard InChI is InChI=1S/C75H44O4/c1-43-15-2-7-26-66(43)76-67-27-8-3-16-48(67)44-31-35-52-53-36-32-46(50-21-13-24-60-57-18-5-10-29-69(57)78-74(50)60)41-64(53)72-65-42-47(51-22-14-25-61-58-19-6-11-30-70(58)79-75(51)61)34-38-55(65)54-37-33-45(40-63(54)71(72)62(52)39-44)49-20-12-23-59-56-17-4-9-28-68(56)77-73(49)59/h2-42H,1H3. The summed E-state index contributed by atoms with van der Waals surface area (Å²) in [5, 5.41) is 18.2. The average molecular weight is 1010 g/mol. The molecule has 17 rings (SSSR count). The fraction of sp³-hybridized carbons (Fsp3) is 0.0133. The van der Waals surface area contributed by atoms with E-state index in [4.69, 9.17) is 18.0 Å². The summed E-state index contributed by atoms with van der Waals surface area (Å²) in [7, 11) is 0. The molecule has 0 aliphatic rings. The van der Waals surface area contributed by atoms with Crippen molar-refractivity contribution in [2.45, 2.75) is 6.92 Å². The first-order chi connectivity index (χ1) is 39.1. The molecule has 0 aliphatic carbocycles. The first-order valence-corrected chi connectivity index (χ1v) is 27.0. The monoisotopic (exact) mass is 1010 g/mol. The molecule has 0 spiro atoms. The van der Waals surface area contributed by atoms with Crippen molar-refractivity contribution in [2.24, 2.45) is 0 Å². The van der Waals surface area contributed by atoms with E-state index in [9.17, 15) is 0 Å². The molecule has 4 heteroatoms. The number of benzene rings is 14. The maximum Gasteiger partial charge on any atom is 0.143 e. The van der Waals surface area contributed by atoms with Gasteiger partial charge < -0.3 is 18.0 Å². The van der Waals surface area contributed by atoms with Crippen LogP contribution in [0.3, 0.4) is 0 Å². The zero-order chi connectivity index (χ0) is 51.9. The zero-order valence-corrected chi connectivity index (χ0v) is 42.8. The van der Waals surface area contributed by atoms with Crippen molar-refractivity contribution < 1.29 is 18.0 Å². The van der Waals surface area contributed by atoms with E-state index in [0.29, 0.717) is 0 Å². The average Bonchev–Trinajstić information content (AvgIpc) is 4.37. The Labute approximate surface area is 452 Å². The number of rotatable bonds is 6. The molecule has 3 aromatic heterocycles. The first-order valence-electron chi connectivity index (χ1n) is 27.0. The van der Waals surface area contributed by atoms with Gasteiger partial charge in [-0.3, -0.25) is 0 Å². The Morgan fingerprint density at radius 1 is 0.241 bits per heavy atom. The molecule has 0 amide bonds. The molecular formula is C75H44O4. The number of para-hydroxylation sites is 8. The number of fused-ring (bicyclic) bond motifs is 20. The lowest BCUT2D eigenvalue weighted by atomic mass is 9.84. The molecule has 4 nitrogen and oxygen atoms in total. The molecule has 0 fully saturated rings. The summed E-state index contributed by atoms with van der Waals surface area (Å²) in [6, 6.07) is 89.2. The number of furan rings is 3. The Morgan fingerprint density at radius 2 is 0.557 bits per heavy atom. The van der Waals surface area contributed by atoms with Crippen molar-refractivity contribution >= 4 is 120 Å². The van der Waals surface area contributed by atoms with E-state index in [0.717, 1.165) is 170 Å². The summed E-state index contributed by atoms with van der Waals surface area (Å²) in [6.45, 7) is 2.09. The minimum absolute atomic E-state index is 0.798. The molecule has 368 valence electrons. The van der Waals surface area contributed by atoms with E-state index >= 15 is 0 Å². The fourth-order valence-electron chi connectivity index (χ4n) is 12.9. The maximum atomic E-state index is 6.80. The molecule has 0 saturated carbocycles. The van der Waals surface area contributed by atoms with Gasteiger partial charge in [0, 0.05) is 54.6 Å². The largest absolute Gasteiger partial charge is 0.456 e. The van der Waals surface area contributed by atoms with Gasteiger partial charge in [0.05, 0.1) is 0 Å². The van der Waals surface area contributed by atoms with Crippen LogP contribution in [0.4, 0.5) is 0 Å².